The van der Waals surface area contributed by atoms with Crippen LogP contribution in [0.4, 0.5) is 5.69 Å². The third kappa shape index (κ3) is 2.81. The van der Waals surface area contributed by atoms with E-state index in [-0.39, 0.29) is 24.8 Å². The summed E-state index contributed by atoms with van der Waals surface area (Å²) in [6.07, 6.45) is 0. The minimum absolute atomic E-state index is 0. The number of rotatable bonds is 1. The van der Waals surface area contributed by atoms with Crippen molar-refractivity contribution in [3.8, 4) is 0 Å². The molecule has 1 aliphatic heterocycles. The topological polar surface area (TPSA) is 33.1 Å². The lowest BCUT2D eigenvalue weighted by Gasteiger charge is -2.29. The van der Waals surface area contributed by atoms with Crippen LogP contribution in [0.3, 0.4) is 0 Å². The smallest absolute Gasteiger partial charge is 0.0829 e. The van der Waals surface area contributed by atoms with Gasteiger partial charge in [0.1, 0.15) is 0 Å². The Hall–Kier alpha value is -0.450. The molecule has 1 N–H and O–H groups in total. The average molecular weight is 267 g/mol. The molecule has 2 rings (SSSR count). The normalized spacial score (nSPS) is 15.3. The molecular formula is C10H20Cl2N4. The standard InChI is InChI=1S/C10H18N4.2ClH/c1-8-10(9(2)13(3)12-8)14-6-4-11-5-7-14;;/h11H,4-7H2,1-3H3;2*1H. The van der Waals surface area contributed by atoms with Crippen LogP contribution in [-0.4, -0.2) is 36.0 Å². The van der Waals surface area contributed by atoms with Gasteiger partial charge in [0.15, 0.2) is 0 Å². The van der Waals surface area contributed by atoms with Gasteiger partial charge in [-0.3, -0.25) is 4.68 Å². The molecule has 4 nitrogen and oxygen atoms in total. The first-order valence-corrected chi connectivity index (χ1v) is 5.16. The highest BCUT2D eigenvalue weighted by molar-refractivity contribution is 5.85. The van der Waals surface area contributed by atoms with Crippen molar-refractivity contribution in [3.05, 3.63) is 11.4 Å². The molecule has 0 unspecified atom stereocenters. The number of piperazine rings is 1. The van der Waals surface area contributed by atoms with E-state index in [9.17, 15) is 0 Å². The van der Waals surface area contributed by atoms with E-state index in [2.05, 4.69) is 29.2 Å². The zero-order valence-electron chi connectivity index (χ0n) is 9.99. The SMILES string of the molecule is Cc1nn(C)c(C)c1N1CCNCC1.Cl.Cl. The molecule has 6 heteroatoms. The maximum Gasteiger partial charge on any atom is 0.0829 e. The van der Waals surface area contributed by atoms with Crippen LogP contribution in [0.1, 0.15) is 11.4 Å². The van der Waals surface area contributed by atoms with E-state index in [0.717, 1.165) is 31.9 Å². The van der Waals surface area contributed by atoms with E-state index in [1.54, 1.807) is 0 Å². The molecule has 0 radical (unpaired) electrons. The van der Waals surface area contributed by atoms with Crippen molar-refractivity contribution < 1.29 is 0 Å². The first-order chi connectivity index (χ1) is 6.70. The number of nitrogens with one attached hydrogen (secondary N) is 1. The zero-order valence-corrected chi connectivity index (χ0v) is 11.6. The lowest BCUT2D eigenvalue weighted by Crippen LogP contribution is -2.43. The van der Waals surface area contributed by atoms with Crippen molar-refractivity contribution in [3.63, 3.8) is 0 Å². The Bertz CT molecular complexity index is 332. The lowest BCUT2D eigenvalue weighted by atomic mass is 10.2. The summed E-state index contributed by atoms with van der Waals surface area (Å²) in [6, 6.07) is 0. The van der Waals surface area contributed by atoms with Gasteiger partial charge in [-0.25, -0.2) is 0 Å². The van der Waals surface area contributed by atoms with E-state index in [4.69, 9.17) is 0 Å². The van der Waals surface area contributed by atoms with Crippen LogP contribution in [0.5, 0.6) is 0 Å². The second-order valence-corrected chi connectivity index (χ2v) is 3.88. The minimum atomic E-state index is 0. The Morgan fingerprint density at radius 2 is 1.69 bits per heavy atom. The molecule has 0 bridgehead atoms. The summed E-state index contributed by atoms with van der Waals surface area (Å²) < 4.78 is 1.96. The van der Waals surface area contributed by atoms with Gasteiger partial charge in [0.2, 0.25) is 0 Å². The second-order valence-electron chi connectivity index (χ2n) is 3.88. The van der Waals surface area contributed by atoms with Gasteiger partial charge >= 0.3 is 0 Å². The molecule has 0 amide bonds. The monoisotopic (exact) mass is 266 g/mol. The van der Waals surface area contributed by atoms with Crippen LogP contribution in [-0.2, 0) is 7.05 Å². The number of hydrogen-bond donors (Lipinski definition) is 1. The van der Waals surface area contributed by atoms with Crippen molar-refractivity contribution in [2.24, 2.45) is 7.05 Å². The minimum Gasteiger partial charge on any atom is -0.366 e. The summed E-state index contributed by atoms with van der Waals surface area (Å²) in [5.74, 6) is 0. The molecule has 2 heterocycles. The van der Waals surface area contributed by atoms with Gasteiger partial charge < -0.3 is 10.2 Å². The molecule has 1 aromatic heterocycles. The summed E-state index contributed by atoms with van der Waals surface area (Å²) in [5.41, 5.74) is 3.74. The first-order valence-electron chi connectivity index (χ1n) is 5.16. The lowest BCUT2D eigenvalue weighted by molar-refractivity contribution is 0.587. The second kappa shape index (κ2) is 6.33. The summed E-state index contributed by atoms with van der Waals surface area (Å²) in [6.45, 7) is 8.56. The van der Waals surface area contributed by atoms with Crippen LogP contribution in [0.15, 0.2) is 0 Å². The van der Waals surface area contributed by atoms with Crippen LogP contribution in [0, 0.1) is 13.8 Å². The molecule has 0 atom stereocenters. The Morgan fingerprint density at radius 3 is 2.12 bits per heavy atom. The average Bonchev–Trinajstić information content (AvgIpc) is 2.43. The van der Waals surface area contributed by atoms with Gasteiger partial charge in [-0.15, -0.1) is 24.8 Å². The predicted molar refractivity (Wildman–Crippen MR) is 72.3 cm³/mol. The fourth-order valence-electron chi connectivity index (χ4n) is 2.11. The molecular weight excluding hydrogens is 247 g/mol. The molecule has 0 aromatic carbocycles. The van der Waals surface area contributed by atoms with Gasteiger partial charge in [-0.1, -0.05) is 0 Å². The highest BCUT2D eigenvalue weighted by Gasteiger charge is 2.18. The third-order valence-corrected chi connectivity index (χ3v) is 2.90. The third-order valence-electron chi connectivity index (χ3n) is 2.90. The fourth-order valence-corrected chi connectivity index (χ4v) is 2.11. The Kier molecular flexibility index (Phi) is 6.15. The van der Waals surface area contributed by atoms with Gasteiger partial charge in [-0.2, -0.15) is 5.10 Å². The maximum absolute atomic E-state index is 4.44. The van der Waals surface area contributed by atoms with E-state index in [0.29, 0.717) is 0 Å². The molecule has 94 valence electrons. The van der Waals surface area contributed by atoms with E-state index < -0.39 is 0 Å². The first kappa shape index (κ1) is 15.6. The number of aryl methyl sites for hydroxylation is 2. The van der Waals surface area contributed by atoms with Crippen LogP contribution in [0.2, 0.25) is 0 Å². The zero-order chi connectivity index (χ0) is 10.1. The Balaban J connectivity index is 0.00000112. The van der Waals surface area contributed by atoms with Crippen molar-refractivity contribution in [2.45, 2.75) is 13.8 Å². The predicted octanol–water partition coefficient (Wildman–Crippen LogP) is 1.29. The van der Waals surface area contributed by atoms with Crippen LogP contribution in [0.25, 0.3) is 0 Å². The van der Waals surface area contributed by atoms with Crippen molar-refractivity contribution in [1.82, 2.24) is 15.1 Å². The molecule has 1 aromatic rings. The summed E-state index contributed by atoms with van der Waals surface area (Å²) in [7, 11) is 2.01. The number of hydrogen-bond acceptors (Lipinski definition) is 3. The maximum atomic E-state index is 4.44. The van der Waals surface area contributed by atoms with Crippen molar-refractivity contribution in [1.29, 1.82) is 0 Å². The highest BCUT2D eigenvalue weighted by Crippen LogP contribution is 2.23. The van der Waals surface area contributed by atoms with Crippen molar-refractivity contribution >= 4 is 30.5 Å². The van der Waals surface area contributed by atoms with E-state index in [1.807, 2.05) is 11.7 Å². The Labute approximate surface area is 109 Å². The molecule has 1 saturated heterocycles. The van der Waals surface area contributed by atoms with Gasteiger partial charge in [0.05, 0.1) is 17.1 Å². The van der Waals surface area contributed by atoms with E-state index in [1.165, 1.54) is 11.4 Å². The molecule has 0 spiro atoms. The number of nitrogens with zero attached hydrogens (tertiary/aromatic N) is 3. The number of aromatic nitrogens is 2. The van der Waals surface area contributed by atoms with Gasteiger partial charge in [0.25, 0.3) is 0 Å². The molecule has 16 heavy (non-hydrogen) atoms. The molecule has 0 saturated carbocycles. The summed E-state index contributed by atoms with van der Waals surface area (Å²) in [4.78, 5) is 2.42. The number of anilines is 1. The molecule has 1 fully saturated rings. The Morgan fingerprint density at radius 1 is 1.12 bits per heavy atom. The summed E-state index contributed by atoms with van der Waals surface area (Å²) in [5, 5.41) is 7.80. The van der Waals surface area contributed by atoms with Crippen LogP contribution >= 0.6 is 24.8 Å². The van der Waals surface area contributed by atoms with E-state index >= 15 is 0 Å². The fraction of sp³-hybridized carbons (Fsp3) is 0.700. The summed E-state index contributed by atoms with van der Waals surface area (Å²) >= 11 is 0. The largest absolute Gasteiger partial charge is 0.366 e. The van der Waals surface area contributed by atoms with Crippen LogP contribution < -0.4 is 10.2 Å². The van der Waals surface area contributed by atoms with Crippen molar-refractivity contribution in [2.75, 3.05) is 31.1 Å². The van der Waals surface area contributed by atoms with Gasteiger partial charge in [-0.05, 0) is 13.8 Å². The number of halogens is 2. The molecule has 0 aliphatic carbocycles. The highest BCUT2D eigenvalue weighted by atomic mass is 35.5. The van der Waals surface area contributed by atoms with Gasteiger partial charge in [0, 0.05) is 33.2 Å². The molecule has 1 aliphatic rings. The quantitative estimate of drug-likeness (QED) is 0.832.